The van der Waals surface area contributed by atoms with Gasteiger partial charge in [0.05, 0.1) is 11.9 Å². The van der Waals surface area contributed by atoms with E-state index in [1.54, 1.807) is 6.07 Å². The predicted octanol–water partition coefficient (Wildman–Crippen LogP) is 1.96. The lowest BCUT2D eigenvalue weighted by Gasteiger charge is -2.41. The largest absolute Gasteiger partial charge is 0.311 e. The molecule has 94 valence electrons. The van der Waals surface area contributed by atoms with Crippen molar-refractivity contribution in [3.8, 4) is 0 Å². The van der Waals surface area contributed by atoms with E-state index in [-0.39, 0.29) is 11.9 Å². The number of hydrogen-bond donors (Lipinski definition) is 1. The molecule has 1 saturated heterocycles. The highest BCUT2D eigenvalue weighted by Crippen LogP contribution is 2.22. The summed E-state index contributed by atoms with van der Waals surface area (Å²) in [6.45, 7) is 8.52. The molecule has 0 aliphatic carbocycles. The fraction of sp³-hybridized carbons (Fsp3) is 0.615. The van der Waals surface area contributed by atoms with Crippen LogP contribution in [0.25, 0.3) is 0 Å². The average Bonchev–Trinajstić information content (AvgIpc) is 2.32. The van der Waals surface area contributed by atoms with Gasteiger partial charge in [-0.25, -0.2) is 4.39 Å². The molecule has 17 heavy (non-hydrogen) atoms. The SMILES string of the molecule is CC1CN(C(C)c2ccc(F)cn2)C(C)CN1. The molecule has 0 amide bonds. The van der Waals surface area contributed by atoms with Gasteiger partial charge in [-0.05, 0) is 32.9 Å². The number of nitrogens with one attached hydrogen (secondary N) is 1. The summed E-state index contributed by atoms with van der Waals surface area (Å²) in [7, 11) is 0. The van der Waals surface area contributed by atoms with Crippen LogP contribution in [0.15, 0.2) is 18.3 Å². The second-order valence-electron chi connectivity index (χ2n) is 4.93. The molecule has 0 aromatic carbocycles. The van der Waals surface area contributed by atoms with E-state index in [4.69, 9.17) is 0 Å². The Balaban J connectivity index is 2.12. The minimum absolute atomic E-state index is 0.232. The third-order valence-corrected chi connectivity index (χ3v) is 3.49. The van der Waals surface area contributed by atoms with Crippen molar-refractivity contribution in [1.82, 2.24) is 15.2 Å². The van der Waals surface area contributed by atoms with Crippen molar-refractivity contribution in [1.29, 1.82) is 0 Å². The van der Waals surface area contributed by atoms with Gasteiger partial charge in [0, 0.05) is 31.2 Å². The van der Waals surface area contributed by atoms with Crippen molar-refractivity contribution in [2.24, 2.45) is 0 Å². The van der Waals surface area contributed by atoms with Crippen LogP contribution in [0.4, 0.5) is 4.39 Å². The minimum Gasteiger partial charge on any atom is -0.311 e. The van der Waals surface area contributed by atoms with Gasteiger partial charge >= 0.3 is 0 Å². The van der Waals surface area contributed by atoms with Gasteiger partial charge in [0.15, 0.2) is 0 Å². The van der Waals surface area contributed by atoms with E-state index < -0.39 is 0 Å². The van der Waals surface area contributed by atoms with E-state index in [1.807, 2.05) is 0 Å². The quantitative estimate of drug-likeness (QED) is 0.852. The molecule has 1 aromatic heterocycles. The fourth-order valence-electron chi connectivity index (χ4n) is 2.39. The molecule has 3 unspecified atom stereocenters. The lowest BCUT2D eigenvalue weighted by Crippen LogP contribution is -2.54. The number of halogens is 1. The molecule has 3 nitrogen and oxygen atoms in total. The Bertz CT molecular complexity index is 365. The molecule has 2 rings (SSSR count). The van der Waals surface area contributed by atoms with Crippen LogP contribution in [0, 0.1) is 5.82 Å². The topological polar surface area (TPSA) is 28.2 Å². The molecule has 1 fully saturated rings. The molecule has 1 N–H and O–H groups in total. The zero-order chi connectivity index (χ0) is 12.4. The second kappa shape index (κ2) is 5.10. The summed E-state index contributed by atoms with van der Waals surface area (Å²) in [6, 6.07) is 4.46. The fourth-order valence-corrected chi connectivity index (χ4v) is 2.39. The third kappa shape index (κ3) is 2.82. The monoisotopic (exact) mass is 237 g/mol. The first-order chi connectivity index (χ1) is 8.08. The Kier molecular flexibility index (Phi) is 3.74. The summed E-state index contributed by atoms with van der Waals surface area (Å²) >= 11 is 0. The normalized spacial score (nSPS) is 28.0. The molecule has 1 aromatic rings. The van der Waals surface area contributed by atoms with Crippen LogP contribution in [0.3, 0.4) is 0 Å². The first kappa shape index (κ1) is 12.5. The minimum atomic E-state index is -0.275. The van der Waals surface area contributed by atoms with Crippen LogP contribution < -0.4 is 5.32 Å². The molecule has 1 aliphatic rings. The summed E-state index contributed by atoms with van der Waals surface area (Å²) in [5.41, 5.74) is 0.937. The Morgan fingerprint density at radius 2 is 2.24 bits per heavy atom. The van der Waals surface area contributed by atoms with Crippen LogP contribution in [-0.2, 0) is 0 Å². The van der Waals surface area contributed by atoms with E-state index in [1.165, 1.54) is 12.3 Å². The third-order valence-electron chi connectivity index (χ3n) is 3.49. The number of hydrogen-bond acceptors (Lipinski definition) is 3. The molecule has 3 atom stereocenters. The number of rotatable bonds is 2. The number of piperazine rings is 1. The Labute approximate surface area is 102 Å². The average molecular weight is 237 g/mol. The zero-order valence-corrected chi connectivity index (χ0v) is 10.7. The summed E-state index contributed by atoms with van der Waals surface area (Å²) in [5.74, 6) is -0.275. The van der Waals surface area contributed by atoms with Gasteiger partial charge in [0.2, 0.25) is 0 Å². The van der Waals surface area contributed by atoms with Gasteiger partial charge in [-0.15, -0.1) is 0 Å². The molecule has 2 heterocycles. The molecule has 0 saturated carbocycles. The Morgan fingerprint density at radius 1 is 1.47 bits per heavy atom. The molecular formula is C13H20FN3. The molecule has 1 aliphatic heterocycles. The van der Waals surface area contributed by atoms with Gasteiger partial charge in [0.1, 0.15) is 5.82 Å². The van der Waals surface area contributed by atoms with Crippen LogP contribution >= 0.6 is 0 Å². The predicted molar refractivity (Wildman–Crippen MR) is 66.2 cm³/mol. The summed E-state index contributed by atoms with van der Waals surface area (Å²) in [5, 5.41) is 3.46. The summed E-state index contributed by atoms with van der Waals surface area (Å²) < 4.78 is 12.8. The van der Waals surface area contributed by atoms with Gasteiger partial charge in [0.25, 0.3) is 0 Å². The number of nitrogens with zero attached hydrogens (tertiary/aromatic N) is 2. The lowest BCUT2D eigenvalue weighted by atomic mass is 10.1. The second-order valence-corrected chi connectivity index (χ2v) is 4.93. The van der Waals surface area contributed by atoms with Gasteiger partial charge in [-0.3, -0.25) is 9.88 Å². The summed E-state index contributed by atoms with van der Waals surface area (Å²) in [4.78, 5) is 6.59. The van der Waals surface area contributed by atoms with Crippen LogP contribution in [0.2, 0.25) is 0 Å². The maximum absolute atomic E-state index is 12.8. The Morgan fingerprint density at radius 3 is 2.88 bits per heavy atom. The molecule has 4 heteroatoms. The molecule has 0 bridgehead atoms. The first-order valence-electron chi connectivity index (χ1n) is 6.18. The van der Waals surface area contributed by atoms with Crippen molar-refractivity contribution in [3.63, 3.8) is 0 Å². The molecular weight excluding hydrogens is 217 g/mol. The number of aromatic nitrogens is 1. The van der Waals surface area contributed by atoms with E-state index in [9.17, 15) is 4.39 Å². The maximum Gasteiger partial charge on any atom is 0.141 e. The Hall–Kier alpha value is -1.00. The van der Waals surface area contributed by atoms with Crippen molar-refractivity contribution < 1.29 is 4.39 Å². The summed E-state index contributed by atoms with van der Waals surface area (Å²) in [6.07, 6.45) is 1.29. The van der Waals surface area contributed by atoms with Gasteiger partial charge in [-0.2, -0.15) is 0 Å². The van der Waals surface area contributed by atoms with Crippen LogP contribution in [0.5, 0.6) is 0 Å². The first-order valence-corrected chi connectivity index (χ1v) is 6.18. The standard InChI is InChI=1S/C13H20FN3/c1-9-8-17(10(2)6-15-9)11(3)13-5-4-12(14)7-16-13/h4-5,7,9-11,15H,6,8H2,1-3H3. The lowest BCUT2D eigenvalue weighted by molar-refractivity contribution is 0.101. The van der Waals surface area contributed by atoms with Gasteiger partial charge in [-0.1, -0.05) is 0 Å². The van der Waals surface area contributed by atoms with Crippen LogP contribution in [0.1, 0.15) is 32.5 Å². The van der Waals surface area contributed by atoms with Crippen molar-refractivity contribution in [2.45, 2.75) is 38.9 Å². The highest BCUT2D eigenvalue weighted by atomic mass is 19.1. The van der Waals surface area contributed by atoms with Crippen molar-refractivity contribution in [3.05, 3.63) is 29.8 Å². The maximum atomic E-state index is 12.8. The van der Waals surface area contributed by atoms with Crippen LogP contribution in [-0.4, -0.2) is 35.1 Å². The van der Waals surface area contributed by atoms with E-state index in [0.29, 0.717) is 12.1 Å². The van der Waals surface area contributed by atoms with Crippen molar-refractivity contribution >= 4 is 0 Å². The van der Waals surface area contributed by atoms with E-state index in [0.717, 1.165) is 18.8 Å². The molecule has 0 spiro atoms. The van der Waals surface area contributed by atoms with Crippen molar-refractivity contribution in [2.75, 3.05) is 13.1 Å². The number of pyridine rings is 1. The smallest absolute Gasteiger partial charge is 0.141 e. The highest BCUT2D eigenvalue weighted by molar-refractivity contribution is 5.10. The highest BCUT2D eigenvalue weighted by Gasteiger charge is 2.27. The zero-order valence-electron chi connectivity index (χ0n) is 10.7. The molecule has 0 radical (unpaired) electrons. The van der Waals surface area contributed by atoms with Gasteiger partial charge < -0.3 is 5.32 Å². The van der Waals surface area contributed by atoms with E-state index >= 15 is 0 Å². The van der Waals surface area contributed by atoms with E-state index in [2.05, 4.69) is 36.0 Å².